The van der Waals surface area contributed by atoms with E-state index in [1.54, 1.807) is 17.8 Å². The fraction of sp³-hybridized carbons (Fsp3) is 0.312. The molecule has 1 saturated heterocycles. The molecule has 0 amide bonds. The van der Waals surface area contributed by atoms with Gasteiger partial charge in [0.15, 0.2) is 0 Å². The number of fused-ring (bicyclic) bond motifs is 1. The summed E-state index contributed by atoms with van der Waals surface area (Å²) in [6, 6.07) is 7.23. The van der Waals surface area contributed by atoms with E-state index in [4.69, 9.17) is 10.5 Å². The first-order valence-electron chi connectivity index (χ1n) is 7.58. The standard InChI is InChI=1S/C16H17N5O2/c1-21-14(17)12(13(20-21)11-7-4-8-23-11)15-18-10-6-3-2-5-9(10)16(22)19-15/h2-3,5-6,11H,4,7-8,17H2,1H3,(H,18,19,22). The maximum absolute atomic E-state index is 12.3. The molecule has 1 aliphatic heterocycles. The van der Waals surface area contributed by atoms with Crippen LogP contribution in [-0.4, -0.2) is 26.4 Å². The Kier molecular flexibility index (Phi) is 3.16. The van der Waals surface area contributed by atoms with Gasteiger partial charge in [-0.25, -0.2) is 4.98 Å². The highest BCUT2D eigenvalue weighted by Crippen LogP contribution is 2.36. The zero-order valence-electron chi connectivity index (χ0n) is 12.7. The molecule has 3 heterocycles. The molecule has 7 heteroatoms. The van der Waals surface area contributed by atoms with Gasteiger partial charge in [0.2, 0.25) is 0 Å². The molecule has 7 nitrogen and oxygen atoms in total. The van der Waals surface area contributed by atoms with E-state index in [0.717, 1.165) is 18.5 Å². The zero-order chi connectivity index (χ0) is 16.0. The number of rotatable bonds is 2. The molecule has 1 atom stereocenters. The van der Waals surface area contributed by atoms with Crippen LogP contribution >= 0.6 is 0 Å². The molecule has 1 fully saturated rings. The summed E-state index contributed by atoms with van der Waals surface area (Å²) < 4.78 is 7.33. The van der Waals surface area contributed by atoms with Crippen LogP contribution in [0.25, 0.3) is 22.3 Å². The van der Waals surface area contributed by atoms with Crippen LogP contribution in [0.15, 0.2) is 29.1 Å². The quantitative estimate of drug-likeness (QED) is 0.751. The first-order valence-corrected chi connectivity index (χ1v) is 7.58. The minimum absolute atomic E-state index is 0.106. The van der Waals surface area contributed by atoms with Gasteiger partial charge in [-0.15, -0.1) is 0 Å². The van der Waals surface area contributed by atoms with E-state index in [2.05, 4.69) is 15.1 Å². The molecule has 1 aliphatic rings. The Bertz CT molecular complexity index is 937. The third-order valence-electron chi connectivity index (χ3n) is 4.20. The second-order valence-corrected chi connectivity index (χ2v) is 5.70. The Morgan fingerprint density at radius 3 is 3.00 bits per heavy atom. The number of anilines is 1. The Morgan fingerprint density at radius 1 is 1.39 bits per heavy atom. The largest absolute Gasteiger partial charge is 0.383 e. The van der Waals surface area contributed by atoms with Crippen LogP contribution < -0.4 is 11.3 Å². The van der Waals surface area contributed by atoms with Crippen LogP contribution in [0.3, 0.4) is 0 Å². The van der Waals surface area contributed by atoms with E-state index in [1.807, 2.05) is 18.2 Å². The first-order chi connectivity index (χ1) is 11.1. The van der Waals surface area contributed by atoms with E-state index in [9.17, 15) is 4.79 Å². The lowest BCUT2D eigenvalue weighted by Crippen LogP contribution is -2.11. The normalized spacial score (nSPS) is 17.9. The van der Waals surface area contributed by atoms with Crippen molar-refractivity contribution < 1.29 is 4.74 Å². The van der Waals surface area contributed by atoms with E-state index in [0.29, 0.717) is 34.7 Å². The second-order valence-electron chi connectivity index (χ2n) is 5.70. The summed E-state index contributed by atoms with van der Waals surface area (Å²) in [7, 11) is 1.77. The fourth-order valence-electron chi connectivity index (χ4n) is 3.02. The van der Waals surface area contributed by atoms with Crippen molar-refractivity contribution in [1.29, 1.82) is 0 Å². The molecule has 3 aromatic rings. The molecule has 118 valence electrons. The van der Waals surface area contributed by atoms with Gasteiger partial charge in [0.1, 0.15) is 23.4 Å². The van der Waals surface area contributed by atoms with Crippen molar-refractivity contribution >= 4 is 16.7 Å². The molecule has 0 aliphatic carbocycles. The number of benzene rings is 1. The van der Waals surface area contributed by atoms with Crippen molar-refractivity contribution in [2.75, 3.05) is 12.3 Å². The summed E-state index contributed by atoms with van der Waals surface area (Å²) in [6.45, 7) is 0.711. The minimum Gasteiger partial charge on any atom is -0.383 e. The number of aromatic amines is 1. The Balaban J connectivity index is 1.95. The number of aromatic nitrogens is 4. The van der Waals surface area contributed by atoms with Gasteiger partial charge in [-0.05, 0) is 25.0 Å². The van der Waals surface area contributed by atoms with Crippen molar-refractivity contribution in [2.45, 2.75) is 18.9 Å². The van der Waals surface area contributed by atoms with Crippen LogP contribution in [0.4, 0.5) is 5.82 Å². The maximum atomic E-state index is 12.3. The van der Waals surface area contributed by atoms with Crippen molar-refractivity contribution in [1.82, 2.24) is 19.7 Å². The summed E-state index contributed by atoms with van der Waals surface area (Å²) in [5.41, 5.74) is 8.02. The van der Waals surface area contributed by atoms with Crippen LogP contribution in [-0.2, 0) is 11.8 Å². The lowest BCUT2D eigenvalue weighted by atomic mass is 10.1. The lowest BCUT2D eigenvalue weighted by Gasteiger charge is -2.09. The average Bonchev–Trinajstić information content (AvgIpc) is 3.16. The van der Waals surface area contributed by atoms with Crippen molar-refractivity contribution in [3.05, 3.63) is 40.3 Å². The van der Waals surface area contributed by atoms with Crippen LogP contribution in [0, 0.1) is 0 Å². The SMILES string of the molecule is Cn1nc(C2CCCO2)c(-c2nc3ccccc3c(=O)[nH]2)c1N. The number of nitrogens with zero attached hydrogens (tertiary/aromatic N) is 3. The number of para-hydroxylation sites is 1. The number of H-pyrrole nitrogens is 1. The minimum atomic E-state index is -0.188. The van der Waals surface area contributed by atoms with Crippen LogP contribution in [0.2, 0.25) is 0 Å². The number of aryl methyl sites for hydroxylation is 1. The van der Waals surface area contributed by atoms with E-state index >= 15 is 0 Å². The third kappa shape index (κ3) is 2.20. The fourth-order valence-corrected chi connectivity index (χ4v) is 3.02. The summed E-state index contributed by atoms with van der Waals surface area (Å²) in [5, 5.41) is 5.04. The predicted octanol–water partition coefficient (Wildman–Crippen LogP) is 1.76. The first kappa shape index (κ1) is 14.0. The van der Waals surface area contributed by atoms with Crippen LogP contribution in [0.1, 0.15) is 24.6 Å². The number of ether oxygens (including phenoxy) is 1. The topological polar surface area (TPSA) is 98.8 Å². The molecule has 3 N–H and O–H groups in total. The zero-order valence-corrected chi connectivity index (χ0v) is 12.7. The van der Waals surface area contributed by atoms with Gasteiger partial charge in [-0.1, -0.05) is 12.1 Å². The summed E-state index contributed by atoms with van der Waals surface area (Å²) in [4.78, 5) is 19.7. The van der Waals surface area contributed by atoms with Crippen molar-refractivity contribution in [3.8, 4) is 11.4 Å². The van der Waals surface area contributed by atoms with Gasteiger partial charge in [0.25, 0.3) is 5.56 Å². The predicted molar refractivity (Wildman–Crippen MR) is 86.9 cm³/mol. The van der Waals surface area contributed by atoms with Gasteiger partial charge >= 0.3 is 0 Å². The molecule has 1 aromatic carbocycles. The smallest absolute Gasteiger partial charge is 0.259 e. The highest BCUT2D eigenvalue weighted by molar-refractivity contribution is 5.81. The number of nitrogen functional groups attached to an aromatic ring is 1. The van der Waals surface area contributed by atoms with Gasteiger partial charge in [0.05, 0.1) is 16.5 Å². The van der Waals surface area contributed by atoms with E-state index in [1.165, 1.54) is 0 Å². The molecule has 2 aromatic heterocycles. The molecule has 4 rings (SSSR count). The Hall–Kier alpha value is -2.67. The third-order valence-corrected chi connectivity index (χ3v) is 4.20. The second kappa shape index (κ2) is 5.20. The molecule has 0 saturated carbocycles. The monoisotopic (exact) mass is 311 g/mol. The van der Waals surface area contributed by atoms with Gasteiger partial charge < -0.3 is 15.5 Å². The number of nitrogens with two attached hydrogens (primary N) is 1. The summed E-state index contributed by atoms with van der Waals surface area (Å²) in [6.07, 6.45) is 1.77. The molecule has 0 radical (unpaired) electrons. The van der Waals surface area contributed by atoms with Crippen molar-refractivity contribution in [2.24, 2.45) is 7.05 Å². The molecule has 23 heavy (non-hydrogen) atoms. The summed E-state index contributed by atoms with van der Waals surface area (Å²) >= 11 is 0. The van der Waals surface area contributed by atoms with Gasteiger partial charge in [-0.3, -0.25) is 9.48 Å². The van der Waals surface area contributed by atoms with Crippen LogP contribution in [0.5, 0.6) is 0 Å². The highest BCUT2D eigenvalue weighted by Gasteiger charge is 2.28. The van der Waals surface area contributed by atoms with Crippen molar-refractivity contribution in [3.63, 3.8) is 0 Å². The molecule has 0 spiro atoms. The average molecular weight is 311 g/mol. The molecular formula is C16H17N5O2. The van der Waals surface area contributed by atoms with Gasteiger partial charge in [-0.2, -0.15) is 5.10 Å². The number of hydrogen-bond donors (Lipinski definition) is 2. The number of hydrogen-bond acceptors (Lipinski definition) is 5. The summed E-state index contributed by atoms with van der Waals surface area (Å²) in [5.74, 6) is 0.902. The molecule has 1 unspecified atom stereocenters. The highest BCUT2D eigenvalue weighted by atomic mass is 16.5. The van der Waals surface area contributed by atoms with E-state index in [-0.39, 0.29) is 11.7 Å². The lowest BCUT2D eigenvalue weighted by molar-refractivity contribution is 0.108. The molecular weight excluding hydrogens is 294 g/mol. The van der Waals surface area contributed by atoms with Gasteiger partial charge in [0, 0.05) is 13.7 Å². The molecule has 0 bridgehead atoms. The number of nitrogens with one attached hydrogen (secondary N) is 1. The Labute approximate surface area is 132 Å². The Morgan fingerprint density at radius 2 is 2.22 bits per heavy atom. The maximum Gasteiger partial charge on any atom is 0.259 e. The van der Waals surface area contributed by atoms with E-state index < -0.39 is 0 Å².